The highest BCUT2D eigenvalue weighted by Crippen LogP contribution is 2.40. The summed E-state index contributed by atoms with van der Waals surface area (Å²) in [6, 6.07) is 35.3. The minimum atomic E-state index is -0.861. The second kappa shape index (κ2) is 15.7. The van der Waals surface area contributed by atoms with Crippen LogP contribution in [0, 0.1) is 0 Å². The fourth-order valence-electron chi connectivity index (χ4n) is 6.82. The molecule has 0 spiro atoms. The van der Waals surface area contributed by atoms with Gasteiger partial charge in [-0.05, 0) is 79.1 Å². The van der Waals surface area contributed by atoms with Gasteiger partial charge in [0.1, 0.15) is 17.5 Å². The highest BCUT2D eigenvalue weighted by atomic mass is 79.9. The lowest BCUT2D eigenvalue weighted by Crippen LogP contribution is -2.40. The van der Waals surface area contributed by atoms with E-state index in [-0.39, 0.29) is 12.2 Å². The summed E-state index contributed by atoms with van der Waals surface area (Å²) >= 11 is 4.90. The van der Waals surface area contributed by atoms with E-state index in [2.05, 4.69) is 63.0 Å². The van der Waals surface area contributed by atoms with Crippen LogP contribution >= 0.6 is 27.3 Å². The summed E-state index contributed by atoms with van der Waals surface area (Å²) < 4.78 is 22.3. The zero-order valence-electron chi connectivity index (χ0n) is 29.8. The van der Waals surface area contributed by atoms with Gasteiger partial charge >= 0.3 is 5.97 Å². The molecule has 3 heterocycles. The van der Waals surface area contributed by atoms with E-state index < -0.39 is 12.0 Å². The normalized spacial score (nSPS) is 14.1. The summed E-state index contributed by atoms with van der Waals surface area (Å²) in [6.07, 6.45) is 3.21. The molecular formula is C43H38BrN3O5S. The first-order chi connectivity index (χ1) is 25.9. The van der Waals surface area contributed by atoms with Gasteiger partial charge in [-0.1, -0.05) is 101 Å². The van der Waals surface area contributed by atoms with Crippen molar-refractivity contribution in [1.82, 2.24) is 9.13 Å². The molecule has 8 nitrogen and oxygen atoms in total. The number of ether oxygens (including phenoxy) is 3. The third-order valence-corrected chi connectivity index (χ3v) is 10.7. The number of allylic oxidation sites excluding steroid dienone is 1. The van der Waals surface area contributed by atoms with Crippen LogP contribution in [-0.4, -0.2) is 35.9 Å². The standard InChI is InChI=1S/C43H38BrN3O5S/c1-5-13-34-38(42(49)52-6-2)40(33-26-32(50-3)22-23-36(33)51-4)47-41(48)37(53-43(47)45-34)25-29-24-35(27-14-9-7-10-15-27)46(31-20-18-30(44)19-21-31)39(29)28-16-11-8-12-17-28/h7-12,14-26,40H,5-6,13H2,1-4H3/b37-25-/t40-/m1/s1. The van der Waals surface area contributed by atoms with Crippen LogP contribution < -0.4 is 24.4 Å². The molecule has 0 unspecified atom stereocenters. The lowest BCUT2D eigenvalue weighted by Gasteiger charge is -2.27. The molecule has 1 atom stereocenters. The Morgan fingerprint density at radius 1 is 0.887 bits per heavy atom. The number of methoxy groups -OCH3 is 2. The van der Waals surface area contributed by atoms with Gasteiger partial charge in [-0.25, -0.2) is 9.79 Å². The topological polar surface area (TPSA) is 84.0 Å². The number of benzene rings is 4. The second-order valence-corrected chi connectivity index (χ2v) is 14.3. The number of hydrogen-bond donors (Lipinski definition) is 0. The number of carbonyl (C=O) groups is 1. The highest BCUT2D eigenvalue weighted by Gasteiger charge is 2.36. The van der Waals surface area contributed by atoms with Crippen LogP contribution in [0.5, 0.6) is 11.5 Å². The lowest BCUT2D eigenvalue weighted by molar-refractivity contribution is -0.139. The van der Waals surface area contributed by atoms with Crippen LogP contribution in [0.3, 0.4) is 0 Å². The number of nitrogens with zero attached hydrogens (tertiary/aromatic N) is 3. The molecule has 0 N–H and O–H groups in total. The highest BCUT2D eigenvalue weighted by molar-refractivity contribution is 9.10. The number of halogens is 1. The van der Waals surface area contributed by atoms with E-state index in [9.17, 15) is 9.59 Å². The van der Waals surface area contributed by atoms with E-state index >= 15 is 0 Å². The molecule has 0 saturated carbocycles. The van der Waals surface area contributed by atoms with Crippen molar-refractivity contribution in [2.45, 2.75) is 32.7 Å². The number of aromatic nitrogens is 2. The second-order valence-electron chi connectivity index (χ2n) is 12.4. The minimum Gasteiger partial charge on any atom is -0.497 e. The molecular weight excluding hydrogens is 750 g/mol. The van der Waals surface area contributed by atoms with Crippen molar-refractivity contribution in [3.8, 4) is 39.7 Å². The van der Waals surface area contributed by atoms with E-state index in [4.69, 9.17) is 19.2 Å². The number of esters is 1. The number of hydrogen-bond acceptors (Lipinski definition) is 7. The summed E-state index contributed by atoms with van der Waals surface area (Å²) in [6.45, 7) is 3.98. The van der Waals surface area contributed by atoms with Gasteiger partial charge in [0, 0.05) is 21.3 Å². The van der Waals surface area contributed by atoms with Gasteiger partial charge in [-0.3, -0.25) is 9.36 Å². The maximum atomic E-state index is 14.9. The van der Waals surface area contributed by atoms with Crippen molar-refractivity contribution in [2.75, 3.05) is 20.8 Å². The van der Waals surface area contributed by atoms with E-state index in [0.29, 0.717) is 44.1 Å². The molecule has 0 bridgehead atoms. The first-order valence-electron chi connectivity index (χ1n) is 17.4. The van der Waals surface area contributed by atoms with Crippen LogP contribution in [-0.2, 0) is 9.53 Å². The molecule has 53 heavy (non-hydrogen) atoms. The Morgan fingerprint density at radius 3 is 2.23 bits per heavy atom. The first-order valence-corrected chi connectivity index (χ1v) is 19.0. The van der Waals surface area contributed by atoms with Gasteiger partial charge in [-0.15, -0.1) is 0 Å². The molecule has 7 rings (SSSR count). The molecule has 10 heteroatoms. The van der Waals surface area contributed by atoms with Crippen LogP contribution in [0.2, 0.25) is 0 Å². The predicted molar refractivity (Wildman–Crippen MR) is 214 cm³/mol. The molecule has 1 aliphatic rings. The SMILES string of the molecule is CCCC1=C(C(=O)OCC)[C@@H](c2cc(OC)ccc2OC)n2c(s/c(=C\c3cc(-c4ccccc4)n(-c4ccc(Br)cc4)c3-c3ccccc3)c2=O)=N1. The predicted octanol–water partition coefficient (Wildman–Crippen LogP) is 8.48. The van der Waals surface area contributed by atoms with E-state index in [1.807, 2.05) is 67.6 Å². The summed E-state index contributed by atoms with van der Waals surface area (Å²) in [5.74, 6) is 0.556. The Morgan fingerprint density at radius 2 is 1.58 bits per heavy atom. The van der Waals surface area contributed by atoms with Crippen LogP contribution in [0.1, 0.15) is 43.9 Å². The Kier molecular flexibility index (Phi) is 10.6. The fourth-order valence-corrected chi connectivity index (χ4v) is 8.10. The summed E-state index contributed by atoms with van der Waals surface area (Å²) in [5.41, 5.74) is 6.98. The largest absolute Gasteiger partial charge is 0.497 e. The molecule has 0 saturated heterocycles. The third-order valence-electron chi connectivity index (χ3n) is 9.14. The smallest absolute Gasteiger partial charge is 0.338 e. The van der Waals surface area contributed by atoms with Crippen molar-refractivity contribution < 1.29 is 19.0 Å². The van der Waals surface area contributed by atoms with Crippen molar-refractivity contribution >= 4 is 39.3 Å². The Balaban J connectivity index is 1.54. The van der Waals surface area contributed by atoms with Crippen molar-refractivity contribution in [2.24, 2.45) is 4.99 Å². The molecule has 6 aromatic rings. The van der Waals surface area contributed by atoms with Crippen molar-refractivity contribution in [1.29, 1.82) is 0 Å². The van der Waals surface area contributed by atoms with E-state index in [0.717, 1.165) is 44.7 Å². The molecule has 0 amide bonds. The summed E-state index contributed by atoms with van der Waals surface area (Å²) in [7, 11) is 3.15. The molecule has 0 fully saturated rings. The minimum absolute atomic E-state index is 0.176. The van der Waals surface area contributed by atoms with Crippen LogP contribution in [0.15, 0.2) is 135 Å². The maximum Gasteiger partial charge on any atom is 0.338 e. The Labute approximate surface area is 320 Å². The number of rotatable bonds is 11. The number of fused-ring (bicyclic) bond motifs is 1. The van der Waals surface area contributed by atoms with Gasteiger partial charge < -0.3 is 18.8 Å². The lowest BCUT2D eigenvalue weighted by atomic mass is 9.93. The number of carbonyl (C=O) groups excluding carboxylic acids is 1. The average molecular weight is 789 g/mol. The quantitative estimate of drug-likeness (QED) is 0.123. The van der Waals surface area contributed by atoms with Gasteiger partial charge in [0.2, 0.25) is 0 Å². The Bertz CT molecular complexity index is 2500. The van der Waals surface area contributed by atoms with E-state index in [1.54, 1.807) is 37.8 Å². The zero-order valence-corrected chi connectivity index (χ0v) is 32.2. The van der Waals surface area contributed by atoms with Crippen LogP contribution in [0.4, 0.5) is 0 Å². The molecule has 0 radical (unpaired) electrons. The molecule has 2 aromatic heterocycles. The molecule has 1 aliphatic heterocycles. The summed E-state index contributed by atoms with van der Waals surface area (Å²) in [4.78, 5) is 34.2. The third kappa shape index (κ3) is 6.92. The Hall–Kier alpha value is -5.45. The van der Waals surface area contributed by atoms with Gasteiger partial charge in [0.05, 0.1) is 48.0 Å². The van der Waals surface area contributed by atoms with Gasteiger partial charge in [0.25, 0.3) is 5.56 Å². The zero-order chi connectivity index (χ0) is 37.1. The maximum absolute atomic E-state index is 14.9. The molecule has 268 valence electrons. The van der Waals surface area contributed by atoms with E-state index in [1.165, 1.54) is 11.3 Å². The summed E-state index contributed by atoms with van der Waals surface area (Å²) in [5, 5.41) is 0. The van der Waals surface area contributed by atoms with Crippen LogP contribution in [0.25, 0.3) is 34.3 Å². The molecule has 0 aliphatic carbocycles. The molecule has 4 aromatic carbocycles. The van der Waals surface area contributed by atoms with Gasteiger partial charge in [-0.2, -0.15) is 0 Å². The average Bonchev–Trinajstić information content (AvgIpc) is 3.72. The fraction of sp³-hybridized carbons (Fsp3) is 0.186. The number of thiazole rings is 1. The van der Waals surface area contributed by atoms with Crippen molar-refractivity contribution in [3.63, 3.8) is 0 Å². The monoisotopic (exact) mass is 787 g/mol. The van der Waals surface area contributed by atoms with Gasteiger partial charge in [0.15, 0.2) is 4.80 Å². The van der Waals surface area contributed by atoms with Crippen molar-refractivity contribution in [3.05, 3.63) is 156 Å². The first kappa shape index (κ1) is 35.9.